The molecular weight excluding hydrogens is 244 g/mol. The summed E-state index contributed by atoms with van der Waals surface area (Å²) in [5.41, 5.74) is 3.47. The number of hydrogen-bond acceptors (Lipinski definition) is 4. The van der Waals surface area contributed by atoms with Crippen LogP contribution in [0, 0.1) is 0 Å². The van der Waals surface area contributed by atoms with E-state index in [9.17, 15) is 4.79 Å². The zero-order valence-corrected chi connectivity index (χ0v) is 10.5. The number of amides is 1. The fraction of sp³-hybridized carbons (Fsp3) is 0.231. The summed E-state index contributed by atoms with van der Waals surface area (Å²) in [6, 6.07) is 7.61. The second-order valence-electron chi connectivity index (χ2n) is 4.36. The van der Waals surface area contributed by atoms with Gasteiger partial charge in [0.2, 0.25) is 0 Å². The molecule has 0 spiro atoms. The molecule has 3 rings (SSSR count). The van der Waals surface area contributed by atoms with Gasteiger partial charge in [-0.05, 0) is 31.3 Å². The number of fused-ring (bicyclic) bond motifs is 1. The minimum absolute atomic E-state index is 0.0705. The van der Waals surface area contributed by atoms with Crippen LogP contribution in [0.15, 0.2) is 24.3 Å². The molecule has 1 aromatic heterocycles. The summed E-state index contributed by atoms with van der Waals surface area (Å²) in [6.45, 7) is 0.804. The van der Waals surface area contributed by atoms with Gasteiger partial charge in [-0.3, -0.25) is 9.89 Å². The number of ether oxygens (including phenoxy) is 1. The average molecular weight is 258 g/mol. The van der Waals surface area contributed by atoms with E-state index in [1.165, 1.54) is 0 Å². The Hall–Kier alpha value is -2.34. The number of hydrogen-bond donors (Lipinski definition) is 3. The number of aromatic amines is 1. The van der Waals surface area contributed by atoms with Crippen molar-refractivity contribution in [2.45, 2.75) is 6.54 Å². The standard InChI is InChI=1S/C13H14N4O2/c1-14-6-9-5-10(17-16-9)8-2-3-12-11(4-8)15-13(18)7-19-12/h2-5,14H,6-7H2,1H3,(H,15,18)(H,16,17). The first-order chi connectivity index (χ1) is 9.26. The van der Waals surface area contributed by atoms with E-state index in [1.54, 1.807) is 0 Å². The molecule has 1 amide bonds. The minimum atomic E-state index is -0.137. The zero-order chi connectivity index (χ0) is 13.2. The van der Waals surface area contributed by atoms with Gasteiger partial charge < -0.3 is 15.4 Å². The predicted molar refractivity (Wildman–Crippen MR) is 70.9 cm³/mol. The van der Waals surface area contributed by atoms with Gasteiger partial charge in [0.1, 0.15) is 5.75 Å². The molecule has 1 aromatic carbocycles. The van der Waals surface area contributed by atoms with Crippen LogP contribution in [0.1, 0.15) is 5.69 Å². The van der Waals surface area contributed by atoms with Crippen LogP contribution >= 0.6 is 0 Å². The average Bonchev–Trinajstić information content (AvgIpc) is 2.87. The van der Waals surface area contributed by atoms with Gasteiger partial charge in [0.15, 0.2) is 6.61 Å². The number of carbonyl (C=O) groups excluding carboxylic acids is 1. The summed E-state index contributed by atoms with van der Waals surface area (Å²) >= 11 is 0. The molecule has 0 atom stereocenters. The summed E-state index contributed by atoms with van der Waals surface area (Å²) in [7, 11) is 1.88. The molecule has 6 nitrogen and oxygen atoms in total. The van der Waals surface area contributed by atoms with Gasteiger partial charge >= 0.3 is 0 Å². The number of rotatable bonds is 3. The Morgan fingerprint density at radius 1 is 1.42 bits per heavy atom. The van der Waals surface area contributed by atoms with Gasteiger partial charge in [-0.15, -0.1) is 0 Å². The maximum Gasteiger partial charge on any atom is 0.262 e. The van der Waals surface area contributed by atoms with E-state index in [0.29, 0.717) is 11.4 Å². The minimum Gasteiger partial charge on any atom is -0.482 e. The maximum atomic E-state index is 11.3. The number of nitrogens with one attached hydrogen (secondary N) is 3. The summed E-state index contributed by atoms with van der Waals surface area (Å²) in [4.78, 5) is 11.3. The summed E-state index contributed by atoms with van der Waals surface area (Å²) in [5, 5.41) is 13.1. The van der Waals surface area contributed by atoms with E-state index in [1.807, 2.05) is 31.3 Å². The molecule has 98 valence electrons. The molecule has 0 saturated heterocycles. The van der Waals surface area contributed by atoms with E-state index < -0.39 is 0 Å². The quantitative estimate of drug-likeness (QED) is 0.771. The molecule has 1 aliphatic heterocycles. The van der Waals surface area contributed by atoms with Crippen molar-refractivity contribution in [2.24, 2.45) is 0 Å². The van der Waals surface area contributed by atoms with Crippen LogP contribution in [-0.4, -0.2) is 29.8 Å². The van der Waals surface area contributed by atoms with Crippen LogP contribution in [0.25, 0.3) is 11.3 Å². The smallest absolute Gasteiger partial charge is 0.262 e. The van der Waals surface area contributed by atoms with Gasteiger partial charge in [0, 0.05) is 17.8 Å². The highest BCUT2D eigenvalue weighted by molar-refractivity contribution is 5.96. The molecule has 0 saturated carbocycles. The van der Waals surface area contributed by atoms with Crippen molar-refractivity contribution < 1.29 is 9.53 Å². The number of benzene rings is 1. The van der Waals surface area contributed by atoms with Crippen molar-refractivity contribution in [3.63, 3.8) is 0 Å². The number of H-pyrrole nitrogens is 1. The first kappa shape index (κ1) is 11.7. The largest absolute Gasteiger partial charge is 0.482 e. The fourth-order valence-electron chi connectivity index (χ4n) is 2.03. The predicted octanol–water partition coefficient (Wildman–Crippen LogP) is 1.13. The van der Waals surface area contributed by atoms with Gasteiger partial charge in [-0.2, -0.15) is 5.10 Å². The van der Waals surface area contributed by atoms with E-state index in [0.717, 1.165) is 23.5 Å². The summed E-state index contributed by atoms with van der Waals surface area (Å²) < 4.78 is 5.32. The highest BCUT2D eigenvalue weighted by Crippen LogP contribution is 2.32. The van der Waals surface area contributed by atoms with Crippen molar-refractivity contribution in [1.29, 1.82) is 0 Å². The first-order valence-electron chi connectivity index (χ1n) is 6.02. The molecule has 0 unspecified atom stereocenters. The molecule has 3 N–H and O–H groups in total. The number of carbonyl (C=O) groups is 1. The molecule has 2 aromatic rings. The molecule has 2 heterocycles. The van der Waals surface area contributed by atoms with Crippen LogP contribution in [0.2, 0.25) is 0 Å². The lowest BCUT2D eigenvalue weighted by molar-refractivity contribution is -0.118. The lowest BCUT2D eigenvalue weighted by Gasteiger charge is -2.18. The molecular formula is C13H14N4O2. The Kier molecular flexibility index (Phi) is 2.92. The Morgan fingerprint density at radius 3 is 3.16 bits per heavy atom. The van der Waals surface area contributed by atoms with Crippen LogP contribution in [0.4, 0.5) is 5.69 Å². The third kappa shape index (κ3) is 2.30. The molecule has 0 radical (unpaired) electrons. The van der Waals surface area contributed by atoms with E-state index in [-0.39, 0.29) is 12.5 Å². The van der Waals surface area contributed by atoms with Gasteiger partial charge in [-0.1, -0.05) is 0 Å². The molecule has 0 bridgehead atoms. The topological polar surface area (TPSA) is 79.0 Å². The highest BCUT2D eigenvalue weighted by Gasteiger charge is 2.16. The van der Waals surface area contributed by atoms with Crippen LogP contribution in [-0.2, 0) is 11.3 Å². The second kappa shape index (κ2) is 4.74. The Morgan fingerprint density at radius 2 is 2.32 bits per heavy atom. The fourth-order valence-corrected chi connectivity index (χ4v) is 2.03. The number of anilines is 1. The van der Waals surface area contributed by atoms with Gasteiger partial charge in [0.05, 0.1) is 11.4 Å². The highest BCUT2D eigenvalue weighted by atomic mass is 16.5. The maximum absolute atomic E-state index is 11.3. The van der Waals surface area contributed by atoms with Crippen molar-refractivity contribution in [3.8, 4) is 17.0 Å². The Balaban J connectivity index is 1.92. The summed E-state index contributed by atoms with van der Waals surface area (Å²) in [5.74, 6) is 0.553. The van der Waals surface area contributed by atoms with Crippen molar-refractivity contribution >= 4 is 11.6 Å². The third-order valence-corrected chi connectivity index (χ3v) is 2.91. The summed E-state index contributed by atoms with van der Waals surface area (Å²) in [6.07, 6.45) is 0. The molecule has 1 aliphatic rings. The Bertz CT molecular complexity index is 621. The van der Waals surface area contributed by atoms with E-state index in [4.69, 9.17) is 4.74 Å². The molecule has 0 fully saturated rings. The van der Waals surface area contributed by atoms with Crippen LogP contribution < -0.4 is 15.4 Å². The zero-order valence-electron chi connectivity index (χ0n) is 10.5. The lowest BCUT2D eigenvalue weighted by atomic mass is 10.1. The monoisotopic (exact) mass is 258 g/mol. The third-order valence-electron chi connectivity index (χ3n) is 2.91. The second-order valence-corrected chi connectivity index (χ2v) is 4.36. The lowest BCUT2D eigenvalue weighted by Crippen LogP contribution is -2.25. The van der Waals surface area contributed by atoms with Crippen molar-refractivity contribution in [3.05, 3.63) is 30.0 Å². The van der Waals surface area contributed by atoms with Crippen LogP contribution in [0.3, 0.4) is 0 Å². The Labute approximate surface area is 110 Å². The van der Waals surface area contributed by atoms with Crippen molar-refractivity contribution in [2.75, 3.05) is 19.0 Å². The van der Waals surface area contributed by atoms with E-state index in [2.05, 4.69) is 20.8 Å². The SMILES string of the molecule is CNCc1cc(-c2ccc3c(c2)NC(=O)CO3)n[nH]1. The first-order valence-corrected chi connectivity index (χ1v) is 6.02. The van der Waals surface area contributed by atoms with Gasteiger partial charge in [0.25, 0.3) is 5.91 Å². The van der Waals surface area contributed by atoms with Crippen LogP contribution in [0.5, 0.6) is 5.75 Å². The van der Waals surface area contributed by atoms with E-state index >= 15 is 0 Å². The molecule has 19 heavy (non-hydrogen) atoms. The van der Waals surface area contributed by atoms with Gasteiger partial charge in [-0.25, -0.2) is 0 Å². The molecule has 6 heteroatoms. The number of aromatic nitrogens is 2. The number of nitrogens with zero attached hydrogens (tertiary/aromatic N) is 1. The van der Waals surface area contributed by atoms with Crippen molar-refractivity contribution in [1.82, 2.24) is 15.5 Å². The normalized spacial score (nSPS) is 13.6. The molecule has 0 aliphatic carbocycles.